The number of ketones is 1. The molecule has 3 fully saturated rings. The van der Waals surface area contributed by atoms with Crippen molar-refractivity contribution >= 4 is 5.78 Å². The number of rotatable bonds is 1. The van der Waals surface area contributed by atoms with Crippen LogP contribution in [0.15, 0.2) is 0 Å². The van der Waals surface area contributed by atoms with Crippen LogP contribution in [-0.4, -0.2) is 28.2 Å². The Hall–Kier alpha value is -0.850. The minimum absolute atomic E-state index is 0.0427. The van der Waals surface area contributed by atoms with Gasteiger partial charge in [0.15, 0.2) is 0 Å². The predicted octanol–water partition coefficient (Wildman–Crippen LogP) is 1.52. The SMILES string of the molecule is O=C1CC2C1CC(C#CC(O)C1CCCCC1)C2O. The summed E-state index contributed by atoms with van der Waals surface area (Å²) in [7, 11) is 0. The van der Waals surface area contributed by atoms with E-state index in [9.17, 15) is 15.0 Å². The van der Waals surface area contributed by atoms with E-state index in [0.717, 1.165) is 12.8 Å². The van der Waals surface area contributed by atoms with E-state index in [1.54, 1.807) is 0 Å². The van der Waals surface area contributed by atoms with E-state index in [2.05, 4.69) is 11.8 Å². The number of hydrogen-bond donors (Lipinski definition) is 2. The smallest absolute Gasteiger partial charge is 0.136 e. The van der Waals surface area contributed by atoms with Gasteiger partial charge in [-0.15, -0.1) is 0 Å². The van der Waals surface area contributed by atoms with Gasteiger partial charge in [0.25, 0.3) is 0 Å². The summed E-state index contributed by atoms with van der Waals surface area (Å²) in [6, 6.07) is 0. The van der Waals surface area contributed by atoms with E-state index in [0.29, 0.717) is 18.8 Å². The quantitative estimate of drug-likeness (QED) is 0.704. The molecule has 3 rings (SSSR count). The van der Waals surface area contributed by atoms with Gasteiger partial charge in [-0.1, -0.05) is 31.1 Å². The predicted molar refractivity (Wildman–Crippen MR) is 71.1 cm³/mol. The zero-order chi connectivity index (χ0) is 13.4. The molecule has 3 aliphatic rings. The Morgan fingerprint density at radius 1 is 1.21 bits per heavy atom. The first kappa shape index (κ1) is 13.1. The number of fused-ring (bicyclic) bond motifs is 1. The maximum absolute atomic E-state index is 11.4. The molecule has 0 amide bonds. The molecule has 104 valence electrons. The van der Waals surface area contributed by atoms with Gasteiger partial charge in [-0.05, 0) is 25.2 Å². The minimum atomic E-state index is -0.554. The highest BCUT2D eigenvalue weighted by Gasteiger charge is 2.52. The van der Waals surface area contributed by atoms with Crippen LogP contribution >= 0.6 is 0 Å². The maximum Gasteiger partial charge on any atom is 0.136 e. The van der Waals surface area contributed by atoms with Crippen molar-refractivity contribution in [3.05, 3.63) is 0 Å². The molecule has 0 aromatic rings. The molecule has 0 aromatic carbocycles. The molecular weight excluding hydrogens is 240 g/mol. The number of aliphatic hydroxyl groups is 2. The first-order valence-corrected chi connectivity index (χ1v) is 7.56. The summed E-state index contributed by atoms with van der Waals surface area (Å²) in [5, 5.41) is 20.2. The Kier molecular flexibility index (Phi) is 3.64. The number of Topliss-reactive ketones (excluding diaryl/α,β-unsaturated/α-hetero) is 1. The lowest BCUT2D eigenvalue weighted by Crippen LogP contribution is -2.38. The van der Waals surface area contributed by atoms with Crippen LogP contribution in [0.25, 0.3) is 0 Å². The molecule has 3 aliphatic carbocycles. The van der Waals surface area contributed by atoms with Gasteiger partial charge in [-0.2, -0.15) is 0 Å². The first-order chi connectivity index (χ1) is 9.16. The van der Waals surface area contributed by atoms with Crippen molar-refractivity contribution in [1.82, 2.24) is 0 Å². The van der Waals surface area contributed by atoms with Crippen molar-refractivity contribution in [3.8, 4) is 11.8 Å². The fraction of sp³-hybridized carbons (Fsp3) is 0.812. The molecule has 0 saturated heterocycles. The van der Waals surface area contributed by atoms with E-state index in [4.69, 9.17) is 0 Å². The Morgan fingerprint density at radius 3 is 2.58 bits per heavy atom. The molecule has 19 heavy (non-hydrogen) atoms. The van der Waals surface area contributed by atoms with Gasteiger partial charge in [0.05, 0.1) is 6.10 Å². The number of aliphatic hydroxyl groups excluding tert-OH is 2. The van der Waals surface area contributed by atoms with Gasteiger partial charge >= 0.3 is 0 Å². The van der Waals surface area contributed by atoms with Crippen molar-refractivity contribution in [1.29, 1.82) is 0 Å². The van der Waals surface area contributed by atoms with Crippen LogP contribution in [0.5, 0.6) is 0 Å². The Bertz CT molecular complexity index is 413. The third-order valence-electron chi connectivity index (χ3n) is 5.24. The summed E-state index contributed by atoms with van der Waals surface area (Å²) in [6.45, 7) is 0. The Morgan fingerprint density at radius 2 is 1.95 bits per heavy atom. The van der Waals surface area contributed by atoms with E-state index in [1.807, 2.05) is 0 Å². The highest BCUT2D eigenvalue weighted by Crippen LogP contribution is 2.47. The molecule has 0 radical (unpaired) electrons. The zero-order valence-electron chi connectivity index (χ0n) is 11.2. The average Bonchev–Trinajstić information content (AvgIpc) is 2.69. The minimum Gasteiger partial charge on any atom is -0.392 e. The highest BCUT2D eigenvalue weighted by molar-refractivity contribution is 5.88. The van der Waals surface area contributed by atoms with Crippen LogP contribution in [0.2, 0.25) is 0 Å². The third kappa shape index (κ3) is 2.44. The highest BCUT2D eigenvalue weighted by atomic mass is 16.3. The van der Waals surface area contributed by atoms with Gasteiger partial charge in [0.1, 0.15) is 11.9 Å². The summed E-state index contributed by atoms with van der Waals surface area (Å²) in [4.78, 5) is 11.4. The van der Waals surface area contributed by atoms with Crippen molar-refractivity contribution in [2.75, 3.05) is 0 Å². The Labute approximate surface area is 114 Å². The van der Waals surface area contributed by atoms with Crippen LogP contribution in [-0.2, 0) is 4.79 Å². The third-order valence-corrected chi connectivity index (χ3v) is 5.24. The van der Waals surface area contributed by atoms with Crippen LogP contribution < -0.4 is 0 Å². The molecule has 3 saturated carbocycles. The van der Waals surface area contributed by atoms with Crippen molar-refractivity contribution in [2.24, 2.45) is 23.7 Å². The Balaban J connectivity index is 1.59. The normalized spacial score (nSPS) is 40.0. The van der Waals surface area contributed by atoms with Gasteiger partial charge in [0.2, 0.25) is 0 Å². The van der Waals surface area contributed by atoms with Crippen LogP contribution in [0.3, 0.4) is 0 Å². The van der Waals surface area contributed by atoms with E-state index < -0.39 is 12.2 Å². The second kappa shape index (κ2) is 5.26. The van der Waals surface area contributed by atoms with Crippen LogP contribution in [0, 0.1) is 35.5 Å². The molecule has 3 nitrogen and oxygen atoms in total. The lowest BCUT2D eigenvalue weighted by Gasteiger charge is -2.29. The van der Waals surface area contributed by atoms with Crippen molar-refractivity contribution in [2.45, 2.75) is 57.2 Å². The first-order valence-electron chi connectivity index (χ1n) is 7.56. The molecule has 0 aromatic heterocycles. The standard InChI is InChI=1S/C16H22O3/c17-14(10-4-2-1-3-5-10)7-6-11-8-12-13(16(11)19)9-15(12)18/h10-14,16-17,19H,1-5,8-9H2. The van der Waals surface area contributed by atoms with Gasteiger partial charge in [0, 0.05) is 24.2 Å². The molecule has 0 bridgehead atoms. The molecule has 2 N–H and O–H groups in total. The van der Waals surface area contributed by atoms with Gasteiger partial charge in [-0.3, -0.25) is 4.79 Å². The van der Waals surface area contributed by atoms with E-state index in [1.165, 1.54) is 19.3 Å². The molecule has 5 unspecified atom stereocenters. The van der Waals surface area contributed by atoms with E-state index in [-0.39, 0.29) is 23.5 Å². The van der Waals surface area contributed by atoms with Gasteiger partial charge in [-0.25, -0.2) is 0 Å². The summed E-state index contributed by atoms with van der Waals surface area (Å²) < 4.78 is 0. The molecule has 5 atom stereocenters. The number of carbonyl (C=O) groups excluding carboxylic acids is 1. The monoisotopic (exact) mass is 262 g/mol. The molecular formula is C16H22O3. The number of hydrogen-bond acceptors (Lipinski definition) is 3. The molecule has 0 aliphatic heterocycles. The zero-order valence-corrected chi connectivity index (χ0v) is 11.2. The fourth-order valence-electron chi connectivity index (χ4n) is 3.89. The summed E-state index contributed by atoms with van der Waals surface area (Å²) in [5.41, 5.74) is 0. The van der Waals surface area contributed by atoms with E-state index >= 15 is 0 Å². The average molecular weight is 262 g/mol. The lowest BCUT2D eigenvalue weighted by molar-refractivity contribution is -0.135. The number of carbonyl (C=O) groups is 1. The lowest BCUT2D eigenvalue weighted by atomic mass is 9.74. The van der Waals surface area contributed by atoms with Crippen LogP contribution in [0.4, 0.5) is 0 Å². The second-order valence-electron chi connectivity index (χ2n) is 6.41. The van der Waals surface area contributed by atoms with Crippen LogP contribution in [0.1, 0.15) is 44.9 Å². The molecule has 3 heteroatoms. The summed E-state index contributed by atoms with van der Waals surface area (Å²) in [6.07, 6.45) is 5.96. The second-order valence-corrected chi connectivity index (χ2v) is 6.41. The maximum atomic E-state index is 11.4. The summed E-state index contributed by atoms with van der Waals surface area (Å²) in [5.74, 6) is 6.64. The molecule has 0 spiro atoms. The largest absolute Gasteiger partial charge is 0.392 e. The van der Waals surface area contributed by atoms with Gasteiger partial charge < -0.3 is 10.2 Å². The summed E-state index contributed by atoms with van der Waals surface area (Å²) >= 11 is 0. The topological polar surface area (TPSA) is 57.5 Å². The molecule has 0 heterocycles. The van der Waals surface area contributed by atoms with Crippen molar-refractivity contribution < 1.29 is 15.0 Å². The fourth-order valence-corrected chi connectivity index (χ4v) is 3.89. The van der Waals surface area contributed by atoms with Crippen molar-refractivity contribution in [3.63, 3.8) is 0 Å².